The van der Waals surface area contributed by atoms with Crippen LogP contribution in [-0.4, -0.2) is 41.1 Å². The van der Waals surface area contributed by atoms with E-state index in [0.29, 0.717) is 25.1 Å². The van der Waals surface area contributed by atoms with Crippen LogP contribution in [0.1, 0.15) is 39.2 Å². The van der Waals surface area contributed by atoms with Gasteiger partial charge in [0.15, 0.2) is 0 Å². The summed E-state index contributed by atoms with van der Waals surface area (Å²) in [6.45, 7) is 9.62. The summed E-state index contributed by atoms with van der Waals surface area (Å²) in [6, 6.07) is 7.73. The molecule has 0 bridgehead atoms. The molecule has 0 radical (unpaired) electrons. The van der Waals surface area contributed by atoms with Crippen LogP contribution in [0.5, 0.6) is 0 Å². The average molecular weight is 446 g/mol. The number of aliphatic hydroxyl groups is 2. The third-order valence-electron chi connectivity index (χ3n) is 4.82. The number of aliphatic hydroxyl groups excluding tert-OH is 2. The fourth-order valence-electron chi connectivity index (χ4n) is 3.37. The van der Waals surface area contributed by atoms with E-state index >= 15 is 0 Å². The van der Waals surface area contributed by atoms with Crippen molar-refractivity contribution in [1.82, 2.24) is 5.32 Å². The predicted octanol–water partition coefficient (Wildman–Crippen LogP) is 3.95. The van der Waals surface area contributed by atoms with Crippen molar-refractivity contribution in [3.05, 3.63) is 72.5 Å². The van der Waals surface area contributed by atoms with E-state index in [1.54, 1.807) is 12.3 Å². The van der Waals surface area contributed by atoms with E-state index < -0.39 is 18.1 Å². The Balaban J connectivity index is 0.00000512. The Morgan fingerprint density at radius 3 is 2.75 bits per heavy atom. The minimum Gasteiger partial charge on any atom is -0.399 e. The summed E-state index contributed by atoms with van der Waals surface area (Å²) in [5.74, 6) is -0.0306. The molecule has 0 fully saturated rings. The topological polar surface area (TPSA) is 100 Å². The highest BCUT2D eigenvalue weighted by molar-refractivity contribution is 5.74. The van der Waals surface area contributed by atoms with Crippen LogP contribution in [-0.2, 0) is 4.74 Å². The number of anilines is 1. The van der Waals surface area contributed by atoms with Gasteiger partial charge in [-0.2, -0.15) is 0 Å². The number of allylic oxidation sites excluding steroid dienone is 2. The molecule has 5 N–H and O–H groups in total. The Morgan fingerprint density at radius 2 is 2.09 bits per heavy atom. The Morgan fingerprint density at radius 1 is 1.34 bits per heavy atom. The number of rotatable bonds is 10. The van der Waals surface area contributed by atoms with Crippen molar-refractivity contribution < 1.29 is 19.7 Å². The number of nitrogens with two attached hydrogens (primary N) is 1. The summed E-state index contributed by atoms with van der Waals surface area (Å²) in [5, 5.41) is 23.9. The van der Waals surface area contributed by atoms with Crippen molar-refractivity contribution in [1.29, 1.82) is 0 Å². The Bertz CT molecular complexity index is 856. The number of hydrogen-bond donors (Lipinski definition) is 4. The largest absolute Gasteiger partial charge is 0.399 e. The van der Waals surface area contributed by atoms with Gasteiger partial charge in [-0.15, -0.1) is 0 Å². The zero-order chi connectivity index (χ0) is 22.9. The average Bonchev–Trinajstić information content (AvgIpc) is 2.70. The normalized spacial score (nSPS) is 18.7. The number of aliphatic imine (C=N–C) groups is 1. The molecule has 1 aromatic rings. The minimum atomic E-state index is -1.08. The number of nitrogens with zero attached hydrogens (tertiary/aromatic N) is 1. The molecular formula is C25H36FN3O3. The van der Waals surface area contributed by atoms with Crippen molar-refractivity contribution in [3.8, 4) is 0 Å². The zero-order valence-electron chi connectivity index (χ0n) is 19.1. The summed E-state index contributed by atoms with van der Waals surface area (Å²) < 4.78 is 5.53. The van der Waals surface area contributed by atoms with Gasteiger partial charge >= 0.3 is 0 Å². The number of ether oxygens (including phenoxy) is 1. The van der Waals surface area contributed by atoms with Crippen LogP contribution < -0.4 is 11.1 Å². The fraction of sp³-hybridized carbons (Fsp3) is 0.400. The van der Waals surface area contributed by atoms with Gasteiger partial charge in [-0.05, 0) is 68.5 Å². The van der Waals surface area contributed by atoms with Gasteiger partial charge in [0.1, 0.15) is 0 Å². The molecule has 1 aliphatic carbocycles. The first-order valence-electron chi connectivity index (χ1n) is 10.5. The molecule has 0 amide bonds. The van der Waals surface area contributed by atoms with E-state index in [4.69, 9.17) is 10.5 Å². The van der Waals surface area contributed by atoms with Crippen molar-refractivity contribution in [2.75, 3.05) is 12.3 Å². The monoisotopic (exact) mass is 445 g/mol. The molecular weight excluding hydrogens is 409 g/mol. The second kappa shape index (κ2) is 13.1. The van der Waals surface area contributed by atoms with Crippen LogP contribution in [0.3, 0.4) is 0 Å². The molecule has 3 atom stereocenters. The molecule has 0 saturated heterocycles. The molecule has 32 heavy (non-hydrogen) atoms. The maximum atomic E-state index is 10.7. The first-order chi connectivity index (χ1) is 14.7. The van der Waals surface area contributed by atoms with Gasteiger partial charge in [0.2, 0.25) is 6.41 Å². The molecule has 1 aliphatic rings. The maximum absolute atomic E-state index is 10.7. The lowest BCUT2D eigenvalue weighted by Crippen LogP contribution is -2.39. The molecule has 0 spiro atoms. The highest BCUT2D eigenvalue weighted by atomic mass is 19.0. The molecule has 6 nitrogen and oxygen atoms in total. The predicted molar refractivity (Wildman–Crippen MR) is 131 cm³/mol. The van der Waals surface area contributed by atoms with E-state index in [9.17, 15) is 10.2 Å². The third-order valence-corrected chi connectivity index (χ3v) is 4.82. The minimum absolute atomic E-state index is 0. The first kappa shape index (κ1) is 27.5. The number of nitrogens with one attached hydrogen (secondary N) is 1. The SMILES string of the molecule is C=CN=C/C=C/CC(O)C1C=CC(CNC(O)OC(C)(C)C)=C(c2cccc(N)c2)C1.F. The third kappa shape index (κ3) is 9.28. The second-order valence-electron chi connectivity index (χ2n) is 8.53. The molecule has 3 unspecified atom stereocenters. The second-order valence-corrected chi connectivity index (χ2v) is 8.53. The molecule has 0 heterocycles. The van der Waals surface area contributed by atoms with Crippen LogP contribution in [0, 0.1) is 5.92 Å². The van der Waals surface area contributed by atoms with E-state index in [2.05, 4.69) is 16.9 Å². The van der Waals surface area contributed by atoms with E-state index in [1.807, 2.05) is 63.3 Å². The summed E-state index contributed by atoms with van der Waals surface area (Å²) in [4.78, 5) is 3.91. The van der Waals surface area contributed by atoms with Crippen LogP contribution in [0.2, 0.25) is 0 Å². The van der Waals surface area contributed by atoms with Gasteiger partial charge in [0.05, 0.1) is 11.7 Å². The van der Waals surface area contributed by atoms with Gasteiger partial charge in [-0.1, -0.05) is 36.9 Å². The van der Waals surface area contributed by atoms with E-state index in [0.717, 1.165) is 16.7 Å². The standard InChI is InChI=1S/C25H35N3O3.FH/c1-5-27-14-7-6-11-23(29)19-12-13-20(17-28-24(30)31-25(2,3)4)22(16-19)18-9-8-10-21(26)15-18;/h5-10,12-15,19,23-24,28-30H,1,11,16-17,26H2,2-4H3;1H/b7-6+,27-14?;. The number of benzene rings is 1. The zero-order valence-corrected chi connectivity index (χ0v) is 19.1. The number of halogens is 1. The van der Waals surface area contributed by atoms with Crippen molar-refractivity contribution in [2.24, 2.45) is 10.9 Å². The Labute approximate surface area is 190 Å². The smallest absolute Gasteiger partial charge is 0.214 e. The van der Waals surface area contributed by atoms with Crippen LogP contribution in [0.15, 0.2) is 71.9 Å². The summed E-state index contributed by atoms with van der Waals surface area (Å²) in [7, 11) is 0. The maximum Gasteiger partial charge on any atom is 0.214 e. The highest BCUT2D eigenvalue weighted by Crippen LogP contribution is 2.34. The lowest BCUT2D eigenvalue weighted by Gasteiger charge is -2.28. The molecule has 176 valence electrons. The quantitative estimate of drug-likeness (QED) is 0.248. The van der Waals surface area contributed by atoms with Crippen LogP contribution in [0.4, 0.5) is 10.4 Å². The fourth-order valence-corrected chi connectivity index (χ4v) is 3.37. The van der Waals surface area contributed by atoms with Crippen molar-refractivity contribution in [2.45, 2.75) is 51.7 Å². The summed E-state index contributed by atoms with van der Waals surface area (Å²) >= 11 is 0. The Hall–Kier alpha value is -2.58. The first-order valence-corrected chi connectivity index (χ1v) is 10.5. The van der Waals surface area contributed by atoms with Gasteiger partial charge in [0, 0.05) is 30.6 Å². The van der Waals surface area contributed by atoms with Crippen LogP contribution >= 0.6 is 0 Å². The van der Waals surface area contributed by atoms with Crippen molar-refractivity contribution in [3.63, 3.8) is 0 Å². The number of nitrogen functional groups attached to an aromatic ring is 1. The van der Waals surface area contributed by atoms with E-state index in [-0.39, 0.29) is 10.6 Å². The molecule has 2 rings (SSSR count). The van der Waals surface area contributed by atoms with Gasteiger partial charge in [-0.3, -0.25) is 15.0 Å². The lowest BCUT2D eigenvalue weighted by molar-refractivity contribution is -0.180. The molecule has 1 aromatic carbocycles. The Kier molecular flexibility index (Phi) is 11.2. The summed E-state index contributed by atoms with van der Waals surface area (Å²) in [6.07, 6.45) is 10.4. The van der Waals surface area contributed by atoms with Crippen LogP contribution in [0.25, 0.3) is 5.57 Å². The molecule has 0 saturated carbocycles. The summed E-state index contributed by atoms with van der Waals surface area (Å²) in [5.41, 5.74) is 9.36. The molecule has 0 aromatic heterocycles. The lowest BCUT2D eigenvalue weighted by atomic mass is 9.82. The molecule has 0 aliphatic heterocycles. The highest BCUT2D eigenvalue weighted by Gasteiger charge is 2.24. The van der Waals surface area contributed by atoms with E-state index in [1.165, 1.54) is 6.20 Å². The number of hydrogen-bond acceptors (Lipinski definition) is 6. The molecule has 7 heteroatoms. The van der Waals surface area contributed by atoms with Gasteiger partial charge in [0.25, 0.3) is 0 Å². The van der Waals surface area contributed by atoms with Gasteiger partial charge in [-0.25, -0.2) is 0 Å². The van der Waals surface area contributed by atoms with Gasteiger partial charge < -0.3 is 20.7 Å². The van der Waals surface area contributed by atoms with Crippen molar-refractivity contribution >= 4 is 17.5 Å².